The minimum absolute atomic E-state index is 0.0501. The summed E-state index contributed by atoms with van der Waals surface area (Å²) >= 11 is 0. The molecule has 35 nitrogen and oxygen atoms in total. The maximum atomic E-state index is 16.5. The SMILES string of the molecule is N#CCCC(CCC#N)CCCOC(COCCCN(CCC#N)CCC#N)(COCCCN(CCC#N)CCC#N)NC(=O)C(OCCCN(CCC#N)CCC#N)C(OCCCN(CCC#N)CCC#N)C(=O)NC(COCCCN(CCC#N)CCC#N)(COCCCN(CCC#N)CCC#N)OCCCN(CCC#N)CCC#N. The Balaban J connectivity index is 9.32. The van der Waals surface area contributed by atoms with Crippen LogP contribution in [0.2, 0.25) is 0 Å². The molecular weight excluding hydrogens is 1510 g/mol. The molecule has 0 aromatic carbocycles. The van der Waals surface area contributed by atoms with Crippen molar-refractivity contribution >= 4 is 11.8 Å². The third-order valence-corrected chi connectivity index (χ3v) is 18.7. The summed E-state index contributed by atoms with van der Waals surface area (Å²) in [6.45, 7) is 5.56. The first-order chi connectivity index (χ1) is 57.7. The number of rotatable bonds is 81. The Morgan fingerprint density at radius 2 is 0.424 bits per heavy atom. The second-order valence-corrected chi connectivity index (χ2v) is 27.9. The smallest absolute Gasteiger partial charge is 0.254 e. The molecule has 642 valence electrons. The number of hydrogen-bond donors (Lipinski definition) is 2. The molecule has 0 radical (unpaired) electrons. The van der Waals surface area contributed by atoms with Gasteiger partial charge in [-0.1, -0.05) is 0 Å². The number of ether oxygens (including phenoxy) is 8. The van der Waals surface area contributed by atoms with Gasteiger partial charge in [-0.3, -0.25) is 9.59 Å². The molecule has 0 aliphatic carbocycles. The van der Waals surface area contributed by atoms with Crippen LogP contribution in [0.15, 0.2) is 0 Å². The second-order valence-electron chi connectivity index (χ2n) is 27.9. The standard InChI is InChI=1S/C83H125N25O10/c84-28-1-25-77(26-2-29-85)27-3-71-117-82(73-111-65-18-58-102(44-4-30-86)45-5-31-87,74-112-66-19-59-103(46-6-32-88)47-7-33-89)100-80(109)78(115-69-22-62-106(52-12-38-94)53-13-39-95)79(116-70-23-63-107(54-14-40-96)55-15-41-97)81(110)101-83(118-72-24-64-108(56-16-42-98)57-17-43-99,75-113-67-20-60-104(48-8-34-90)49-9-35-91)76-114-68-21-61-105(50-10-36-92)51-11-37-93/h77-79H,1-27,44-76H2,(H,100,109)(H,101,110). The molecule has 0 fully saturated rings. The van der Waals surface area contributed by atoms with Crippen LogP contribution < -0.4 is 10.6 Å². The van der Waals surface area contributed by atoms with E-state index in [-0.39, 0.29) is 194 Å². The third-order valence-electron chi connectivity index (χ3n) is 18.7. The molecule has 118 heavy (non-hydrogen) atoms. The zero-order valence-corrected chi connectivity index (χ0v) is 69.5. The van der Waals surface area contributed by atoms with E-state index >= 15 is 9.59 Å². The molecule has 0 aromatic heterocycles. The fourth-order valence-corrected chi connectivity index (χ4v) is 12.6. The van der Waals surface area contributed by atoms with Crippen LogP contribution in [0.3, 0.4) is 0 Å². The maximum absolute atomic E-state index is 16.5. The highest BCUT2D eigenvalue weighted by Crippen LogP contribution is 2.23. The topological polar surface area (TPSA) is 535 Å². The Hall–Kier alpha value is -9.82. The summed E-state index contributed by atoms with van der Waals surface area (Å²) in [4.78, 5) is 46.5. The molecule has 2 unspecified atom stereocenters. The van der Waals surface area contributed by atoms with Crippen LogP contribution in [-0.2, 0) is 47.5 Å². The van der Waals surface area contributed by atoms with Crippen molar-refractivity contribution in [2.24, 2.45) is 5.92 Å². The van der Waals surface area contributed by atoms with Crippen molar-refractivity contribution in [2.75, 3.05) is 217 Å². The molecule has 0 bridgehead atoms. The molecule has 0 aliphatic rings. The average Bonchev–Trinajstić information content (AvgIpc) is 0.813. The lowest BCUT2D eigenvalue weighted by Gasteiger charge is -2.38. The van der Waals surface area contributed by atoms with Crippen molar-refractivity contribution in [3.63, 3.8) is 0 Å². The average molecular weight is 1630 g/mol. The number of nitrogens with zero attached hydrogens (tertiary/aromatic N) is 23. The van der Waals surface area contributed by atoms with Gasteiger partial charge >= 0.3 is 0 Å². The largest absolute Gasteiger partial charge is 0.376 e. The zero-order valence-electron chi connectivity index (χ0n) is 69.5. The first-order valence-electron chi connectivity index (χ1n) is 41.2. The van der Waals surface area contributed by atoms with E-state index in [0.29, 0.717) is 176 Å². The van der Waals surface area contributed by atoms with Crippen LogP contribution in [0.4, 0.5) is 0 Å². The molecule has 0 aliphatic heterocycles. The van der Waals surface area contributed by atoms with Gasteiger partial charge in [-0.2, -0.15) is 84.2 Å². The molecule has 2 amide bonds. The number of nitrogens with one attached hydrogen (secondary N) is 2. The molecule has 0 saturated heterocycles. The van der Waals surface area contributed by atoms with E-state index in [1.54, 1.807) is 0 Å². The molecule has 0 spiro atoms. The van der Waals surface area contributed by atoms with Crippen molar-refractivity contribution in [3.8, 4) is 97.1 Å². The minimum Gasteiger partial charge on any atom is -0.376 e. The monoisotopic (exact) mass is 1630 g/mol. The summed E-state index contributed by atoms with van der Waals surface area (Å²) in [5, 5.41) is 159. The summed E-state index contributed by atoms with van der Waals surface area (Å²) in [7, 11) is 0. The quantitative estimate of drug-likeness (QED) is 0.0452. The van der Waals surface area contributed by atoms with Gasteiger partial charge in [-0.25, -0.2) is 0 Å². The molecule has 2 atom stereocenters. The molecule has 0 aromatic rings. The summed E-state index contributed by atoms with van der Waals surface area (Å²) in [5.74, 6) is -1.99. The molecular formula is C83H125N25O10. The van der Waals surface area contributed by atoms with E-state index in [9.17, 15) is 84.2 Å². The molecule has 0 heterocycles. The highest BCUT2D eigenvalue weighted by Gasteiger charge is 2.45. The predicted molar refractivity (Wildman–Crippen MR) is 429 cm³/mol. The Kier molecular flexibility index (Phi) is 71.8. The summed E-state index contributed by atoms with van der Waals surface area (Å²) in [6.07, 6.45) is 3.24. The lowest BCUT2D eigenvalue weighted by Crippen LogP contribution is -2.65. The third kappa shape index (κ3) is 58.1. The van der Waals surface area contributed by atoms with Gasteiger partial charge < -0.3 is 82.8 Å². The molecule has 2 N–H and O–H groups in total. The van der Waals surface area contributed by atoms with Crippen LogP contribution in [0.25, 0.3) is 0 Å². The lowest BCUT2D eigenvalue weighted by atomic mass is 9.93. The van der Waals surface area contributed by atoms with Gasteiger partial charge in [-0.05, 0) is 76.5 Å². The van der Waals surface area contributed by atoms with Gasteiger partial charge in [-0.15, -0.1) is 0 Å². The summed E-state index contributed by atoms with van der Waals surface area (Å²) in [5.41, 5.74) is -3.89. The Labute approximate surface area is 702 Å². The Morgan fingerprint density at radius 3 is 0.627 bits per heavy atom. The van der Waals surface area contributed by atoms with Gasteiger partial charge in [0.1, 0.15) is 0 Å². The Morgan fingerprint density at radius 1 is 0.237 bits per heavy atom. The van der Waals surface area contributed by atoms with Gasteiger partial charge in [0.25, 0.3) is 11.8 Å². The first kappa shape index (κ1) is 108. The van der Waals surface area contributed by atoms with E-state index < -0.39 is 61.9 Å². The van der Waals surface area contributed by atoms with Crippen molar-refractivity contribution in [3.05, 3.63) is 0 Å². The first-order valence-corrected chi connectivity index (χ1v) is 41.2. The van der Waals surface area contributed by atoms with Crippen LogP contribution in [0.1, 0.15) is 173 Å². The number of amides is 2. The van der Waals surface area contributed by atoms with E-state index in [1.165, 1.54) is 0 Å². The number of carbonyl (C=O) groups is 2. The van der Waals surface area contributed by atoms with Gasteiger partial charge in [0.15, 0.2) is 23.7 Å². The van der Waals surface area contributed by atoms with Crippen molar-refractivity contribution in [1.82, 2.24) is 44.9 Å². The highest BCUT2D eigenvalue weighted by atomic mass is 16.6. The van der Waals surface area contributed by atoms with Gasteiger partial charge in [0, 0.05) is 286 Å². The van der Waals surface area contributed by atoms with Gasteiger partial charge in [0.05, 0.1) is 130 Å². The number of nitriles is 16. The highest BCUT2D eigenvalue weighted by molar-refractivity contribution is 5.91. The van der Waals surface area contributed by atoms with Crippen LogP contribution in [0, 0.1) is 187 Å². The van der Waals surface area contributed by atoms with Crippen LogP contribution >= 0.6 is 0 Å². The van der Waals surface area contributed by atoms with Crippen LogP contribution in [0.5, 0.6) is 0 Å². The second kappa shape index (κ2) is 78.4. The lowest BCUT2D eigenvalue weighted by molar-refractivity contribution is -0.186. The summed E-state index contributed by atoms with van der Waals surface area (Å²) in [6, 6.07) is 34.5. The van der Waals surface area contributed by atoms with E-state index in [1.807, 2.05) is 34.3 Å². The Bertz CT molecular complexity index is 2930. The molecule has 35 heteroatoms. The van der Waals surface area contributed by atoms with Crippen molar-refractivity contribution < 1.29 is 47.5 Å². The van der Waals surface area contributed by atoms with Crippen molar-refractivity contribution in [1.29, 1.82) is 84.2 Å². The fraction of sp³-hybridized carbons (Fsp3) is 0.783. The number of carbonyl (C=O) groups excluding carboxylic acids is 2. The van der Waals surface area contributed by atoms with Gasteiger partial charge in [0.2, 0.25) is 0 Å². The van der Waals surface area contributed by atoms with Crippen LogP contribution in [-0.4, -0.2) is 286 Å². The minimum atomic E-state index is -1.95. The van der Waals surface area contributed by atoms with E-state index in [0.717, 1.165) is 0 Å². The normalized spacial score (nSPS) is 11.6. The van der Waals surface area contributed by atoms with E-state index in [4.69, 9.17) is 37.9 Å². The fourth-order valence-electron chi connectivity index (χ4n) is 12.6. The molecule has 0 rings (SSSR count). The van der Waals surface area contributed by atoms with Crippen molar-refractivity contribution in [2.45, 2.75) is 197 Å². The predicted octanol–water partition coefficient (Wildman–Crippen LogP) is 7.12. The number of hydrogen-bond acceptors (Lipinski definition) is 33. The van der Waals surface area contributed by atoms with E-state index in [2.05, 4.69) is 108 Å². The molecule has 0 saturated carbocycles. The maximum Gasteiger partial charge on any atom is 0.254 e. The summed E-state index contributed by atoms with van der Waals surface area (Å²) < 4.78 is 53.5. The zero-order chi connectivity index (χ0) is 86.7.